The van der Waals surface area contributed by atoms with Gasteiger partial charge < -0.3 is 15.1 Å². The van der Waals surface area contributed by atoms with Gasteiger partial charge in [0.2, 0.25) is 5.91 Å². The summed E-state index contributed by atoms with van der Waals surface area (Å²) in [6.45, 7) is 4.14. The Labute approximate surface area is 123 Å². The summed E-state index contributed by atoms with van der Waals surface area (Å²) in [4.78, 5) is 15.7. The monoisotopic (exact) mass is 307 g/mol. The fourth-order valence-corrected chi connectivity index (χ4v) is 2.57. The molecule has 1 amide bonds. The minimum atomic E-state index is -4.12. The molecule has 0 aromatic rings. The van der Waals surface area contributed by atoms with Crippen molar-refractivity contribution >= 4 is 5.91 Å². The minimum absolute atomic E-state index is 0.00877. The van der Waals surface area contributed by atoms with Gasteiger partial charge in [0.05, 0.1) is 6.42 Å². The Morgan fingerprint density at radius 1 is 1.19 bits per heavy atom. The summed E-state index contributed by atoms with van der Waals surface area (Å²) in [5.41, 5.74) is 0. The second-order valence-electron chi connectivity index (χ2n) is 5.99. The maximum atomic E-state index is 12.3. The van der Waals surface area contributed by atoms with E-state index in [1.807, 2.05) is 4.90 Å². The van der Waals surface area contributed by atoms with Crippen LogP contribution in [0.4, 0.5) is 13.2 Å². The summed E-state index contributed by atoms with van der Waals surface area (Å²) >= 11 is 0. The highest BCUT2D eigenvalue weighted by atomic mass is 19.4. The summed E-state index contributed by atoms with van der Waals surface area (Å²) in [6, 6.07) is 0. The van der Waals surface area contributed by atoms with Crippen molar-refractivity contribution in [2.75, 3.05) is 45.8 Å². The van der Waals surface area contributed by atoms with Gasteiger partial charge in [0.25, 0.3) is 0 Å². The van der Waals surface area contributed by atoms with E-state index in [0.29, 0.717) is 38.5 Å². The first-order valence-corrected chi connectivity index (χ1v) is 7.71. The number of nitrogens with zero attached hydrogens (tertiary/aromatic N) is 2. The first kappa shape index (κ1) is 16.5. The fourth-order valence-electron chi connectivity index (χ4n) is 2.57. The molecule has 7 heteroatoms. The van der Waals surface area contributed by atoms with Crippen molar-refractivity contribution in [3.8, 4) is 0 Å². The second-order valence-corrected chi connectivity index (χ2v) is 5.99. The Balaban J connectivity index is 1.73. The van der Waals surface area contributed by atoms with Crippen molar-refractivity contribution in [2.24, 2.45) is 5.92 Å². The smallest absolute Gasteiger partial charge is 0.340 e. The molecule has 122 valence electrons. The summed E-state index contributed by atoms with van der Waals surface area (Å²) in [5.74, 6) is 0.594. The standard InChI is InChI=1S/C14H24F3N3O/c15-14(16,17)4-8-19(11-12-1-2-12)7-3-13(21)20-9-5-18-6-10-20/h12,18H,1-11H2. The van der Waals surface area contributed by atoms with Gasteiger partial charge in [0.15, 0.2) is 0 Å². The van der Waals surface area contributed by atoms with Crippen LogP contribution in [-0.4, -0.2) is 67.7 Å². The molecule has 1 N–H and O–H groups in total. The van der Waals surface area contributed by atoms with Crippen LogP contribution in [0.15, 0.2) is 0 Å². The molecular weight excluding hydrogens is 283 g/mol. The molecule has 2 fully saturated rings. The van der Waals surface area contributed by atoms with Crippen LogP contribution in [-0.2, 0) is 4.79 Å². The van der Waals surface area contributed by atoms with Crippen LogP contribution in [0.3, 0.4) is 0 Å². The van der Waals surface area contributed by atoms with E-state index in [1.165, 1.54) is 0 Å². The third kappa shape index (κ3) is 6.65. The number of carbonyl (C=O) groups is 1. The van der Waals surface area contributed by atoms with Crippen molar-refractivity contribution in [3.63, 3.8) is 0 Å². The Hall–Kier alpha value is -0.820. The van der Waals surface area contributed by atoms with E-state index in [2.05, 4.69) is 5.32 Å². The lowest BCUT2D eigenvalue weighted by atomic mass is 10.2. The van der Waals surface area contributed by atoms with Crippen molar-refractivity contribution in [1.29, 1.82) is 0 Å². The summed E-state index contributed by atoms with van der Waals surface area (Å²) < 4.78 is 37.0. The van der Waals surface area contributed by atoms with Gasteiger partial charge in [0.1, 0.15) is 0 Å². The summed E-state index contributed by atoms with van der Waals surface area (Å²) in [7, 11) is 0. The topological polar surface area (TPSA) is 35.6 Å². The summed E-state index contributed by atoms with van der Waals surface area (Å²) in [6.07, 6.45) is -2.38. The van der Waals surface area contributed by atoms with Crippen LogP contribution >= 0.6 is 0 Å². The van der Waals surface area contributed by atoms with Crippen molar-refractivity contribution < 1.29 is 18.0 Å². The van der Waals surface area contributed by atoms with Crippen LogP contribution in [0, 0.1) is 5.92 Å². The van der Waals surface area contributed by atoms with E-state index in [-0.39, 0.29) is 12.5 Å². The van der Waals surface area contributed by atoms with Crippen LogP contribution in [0.2, 0.25) is 0 Å². The minimum Gasteiger partial charge on any atom is -0.340 e. The maximum absolute atomic E-state index is 12.3. The lowest BCUT2D eigenvalue weighted by Crippen LogP contribution is -2.47. The Morgan fingerprint density at radius 2 is 1.86 bits per heavy atom. The third-order valence-electron chi connectivity index (χ3n) is 4.04. The highest BCUT2D eigenvalue weighted by Crippen LogP contribution is 2.30. The van der Waals surface area contributed by atoms with Gasteiger partial charge in [-0.3, -0.25) is 4.79 Å². The number of hydrogen-bond donors (Lipinski definition) is 1. The zero-order valence-electron chi connectivity index (χ0n) is 12.3. The molecule has 1 aliphatic heterocycles. The van der Waals surface area contributed by atoms with E-state index >= 15 is 0 Å². The molecule has 0 spiro atoms. The van der Waals surface area contributed by atoms with Crippen molar-refractivity contribution in [3.05, 3.63) is 0 Å². The average Bonchev–Trinajstić information content (AvgIpc) is 3.25. The van der Waals surface area contributed by atoms with Gasteiger partial charge in [-0.05, 0) is 18.8 Å². The van der Waals surface area contributed by atoms with Crippen molar-refractivity contribution in [2.45, 2.75) is 31.9 Å². The molecule has 0 bridgehead atoms. The van der Waals surface area contributed by atoms with Crippen molar-refractivity contribution in [1.82, 2.24) is 15.1 Å². The Bertz CT molecular complexity index is 339. The summed E-state index contributed by atoms with van der Waals surface area (Å²) in [5, 5.41) is 3.18. The largest absolute Gasteiger partial charge is 0.390 e. The number of nitrogens with one attached hydrogen (secondary N) is 1. The number of rotatable bonds is 7. The molecule has 0 aromatic heterocycles. The molecule has 0 atom stereocenters. The normalized spacial score (nSPS) is 20.1. The molecule has 21 heavy (non-hydrogen) atoms. The first-order chi connectivity index (χ1) is 9.94. The average molecular weight is 307 g/mol. The predicted octanol–water partition coefficient (Wildman–Crippen LogP) is 1.47. The van der Waals surface area contributed by atoms with Gasteiger partial charge >= 0.3 is 6.18 Å². The second kappa shape index (κ2) is 7.45. The maximum Gasteiger partial charge on any atom is 0.390 e. The molecular formula is C14H24F3N3O. The van der Waals surface area contributed by atoms with Crippen LogP contribution in [0.5, 0.6) is 0 Å². The number of alkyl halides is 3. The lowest BCUT2D eigenvalue weighted by Gasteiger charge is -2.29. The number of hydrogen-bond acceptors (Lipinski definition) is 3. The molecule has 4 nitrogen and oxygen atoms in total. The number of amides is 1. The highest BCUT2D eigenvalue weighted by molar-refractivity contribution is 5.76. The number of piperazine rings is 1. The zero-order valence-corrected chi connectivity index (χ0v) is 12.3. The SMILES string of the molecule is O=C(CCN(CCC(F)(F)F)CC1CC1)N1CCNCC1. The quantitative estimate of drug-likeness (QED) is 0.774. The first-order valence-electron chi connectivity index (χ1n) is 7.71. The van der Waals surface area contributed by atoms with Gasteiger partial charge in [-0.15, -0.1) is 0 Å². The third-order valence-corrected chi connectivity index (χ3v) is 4.04. The Morgan fingerprint density at radius 3 is 2.43 bits per heavy atom. The molecule has 0 radical (unpaired) electrons. The fraction of sp³-hybridized carbons (Fsp3) is 0.929. The molecule has 2 rings (SSSR count). The van der Waals surface area contributed by atoms with Crippen LogP contribution < -0.4 is 5.32 Å². The molecule has 1 saturated heterocycles. The highest BCUT2D eigenvalue weighted by Gasteiger charge is 2.30. The van der Waals surface area contributed by atoms with E-state index in [9.17, 15) is 18.0 Å². The van der Waals surface area contributed by atoms with E-state index in [4.69, 9.17) is 0 Å². The molecule has 2 aliphatic rings. The van der Waals surface area contributed by atoms with Crippen LogP contribution in [0.1, 0.15) is 25.7 Å². The van der Waals surface area contributed by atoms with E-state index < -0.39 is 12.6 Å². The molecule has 1 heterocycles. The zero-order chi connectivity index (χ0) is 15.3. The van der Waals surface area contributed by atoms with Crippen LogP contribution in [0.25, 0.3) is 0 Å². The van der Waals surface area contributed by atoms with Gasteiger partial charge in [-0.1, -0.05) is 0 Å². The molecule has 0 aromatic carbocycles. The lowest BCUT2D eigenvalue weighted by molar-refractivity contribution is -0.138. The van der Waals surface area contributed by atoms with Gasteiger partial charge in [0, 0.05) is 52.2 Å². The number of carbonyl (C=O) groups excluding carboxylic acids is 1. The van der Waals surface area contributed by atoms with E-state index in [1.54, 1.807) is 4.90 Å². The Kier molecular flexibility index (Phi) is 5.87. The van der Waals surface area contributed by atoms with Gasteiger partial charge in [-0.2, -0.15) is 13.2 Å². The number of halogens is 3. The molecule has 1 saturated carbocycles. The van der Waals surface area contributed by atoms with E-state index in [0.717, 1.165) is 25.9 Å². The molecule has 1 aliphatic carbocycles. The van der Waals surface area contributed by atoms with Gasteiger partial charge in [-0.25, -0.2) is 0 Å². The molecule has 0 unspecified atom stereocenters. The predicted molar refractivity (Wildman–Crippen MR) is 73.9 cm³/mol.